The van der Waals surface area contributed by atoms with Gasteiger partial charge in [-0.15, -0.1) is 5.10 Å². The molecule has 2 unspecified atom stereocenters. The number of amides is 1. The molecule has 3 aliphatic rings. The van der Waals surface area contributed by atoms with Gasteiger partial charge in [0.1, 0.15) is 11.6 Å². The summed E-state index contributed by atoms with van der Waals surface area (Å²) in [4.78, 5) is 31.5. The van der Waals surface area contributed by atoms with Gasteiger partial charge in [0.2, 0.25) is 5.91 Å². The lowest BCUT2D eigenvalue weighted by molar-refractivity contribution is -0.117. The van der Waals surface area contributed by atoms with Crippen molar-refractivity contribution in [3.05, 3.63) is 36.8 Å². The van der Waals surface area contributed by atoms with Crippen LogP contribution in [0.3, 0.4) is 0 Å². The van der Waals surface area contributed by atoms with Crippen LogP contribution in [0, 0.1) is 23.7 Å². The van der Waals surface area contributed by atoms with Crippen LogP contribution in [-0.2, 0) is 4.79 Å². The number of fused-ring (bicyclic) bond motifs is 4. The first-order valence-electron chi connectivity index (χ1n) is 13.5. The Morgan fingerprint density at radius 1 is 1.03 bits per heavy atom. The molecule has 2 N–H and O–H groups in total. The Kier molecular flexibility index (Phi) is 5.47. The number of hydrogen-bond donors (Lipinski definition) is 2. The molecule has 4 aromatic rings. The van der Waals surface area contributed by atoms with Gasteiger partial charge in [-0.05, 0) is 55.8 Å². The molecular weight excluding hydrogens is 478 g/mol. The zero-order chi connectivity index (χ0) is 26.0. The van der Waals surface area contributed by atoms with Crippen LogP contribution in [0.2, 0.25) is 0 Å². The van der Waals surface area contributed by atoms with Gasteiger partial charge in [-0.3, -0.25) is 4.79 Å². The number of carbonyl (C=O) groups excluding carboxylic acids is 1. The standard InChI is InChI=1S/C28H33N9O/c1-16-6-20(16)28(38)32-24-8-21-22(9-30-24)26(29-2)31-10-23(21)27-33-25-5-4-19(15-37(25)34-27)36-13-17-7-18(14-36)12-35(3)11-17/h4-5,8-10,15-18,20H,6-7,11-14H2,1-3H3,(H,29,31)(H,30,32,38)/t16-,17?,18?,20+/m1/s1. The monoisotopic (exact) mass is 511 g/mol. The minimum atomic E-state index is 0.0284. The average molecular weight is 512 g/mol. The van der Waals surface area contributed by atoms with Gasteiger partial charge in [-0.2, -0.15) is 0 Å². The van der Waals surface area contributed by atoms with E-state index in [0.717, 1.165) is 47.3 Å². The van der Waals surface area contributed by atoms with Crippen molar-refractivity contribution in [1.82, 2.24) is 29.5 Å². The molecule has 4 aromatic heterocycles. The van der Waals surface area contributed by atoms with Crippen molar-refractivity contribution < 1.29 is 4.79 Å². The second kappa shape index (κ2) is 8.90. The van der Waals surface area contributed by atoms with E-state index in [9.17, 15) is 4.79 Å². The molecule has 3 fully saturated rings. The minimum absolute atomic E-state index is 0.0284. The summed E-state index contributed by atoms with van der Waals surface area (Å²) in [6, 6.07) is 6.11. The van der Waals surface area contributed by atoms with Crippen molar-refractivity contribution >= 4 is 39.6 Å². The van der Waals surface area contributed by atoms with Crippen LogP contribution in [0.1, 0.15) is 19.8 Å². The first kappa shape index (κ1) is 23.3. The summed E-state index contributed by atoms with van der Waals surface area (Å²) in [6.07, 6.45) is 7.90. The van der Waals surface area contributed by atoms with Gasteiger partial charge in [-0.25, -0.2) is 19.5 Å². The number of likely N-dealkylation sites (tertiary alicyclic amines) is 1. The third-order valence-corrected chi connectivity index (χ3v) is 8.39. The molecule has 1 saturated carbocycles. The van der Waals surface area contributed by atoms with Gasteiger partial charge in [0.15, 0.2) is 11.5 Å². The molecule has 6 heterocycles. The quantitative estimate of drug-likeness (QED) is 0.421. The maximum Gasteiger partial charge on any atom is 0.228 e. The molecular formula is C28H33N9O. The molecule has 0 spiro atoms. The number of hydrogen-bond acceptors (Lipinski definition) is 8. The first-order valence-corrected chi connectivity index (χ1v) is 13.5. The van der Waals surface area contributed by atoms with E-state index in [0.29, 0.717) is 29.4 Å². The number of nitrogens with one attached hydrogen (secondary N) is 2. The number of anilines is 3. The molecule has 2 aliphatic heterocycles. The summed E-state index contributed by atoms with van der Waals surface area (Å²) in [6.45, 7) is 6.59. The van der Waals surface area contributed by atoms with Crippen molar-refractivity contribution in [3.63, 3.8) is 0 Å². The predicted molar refractivity (Wildman–Crippen MR) is 148 cm³/mol. The summed E-state index contributed by atoms with van der Waals surface area (Å²) < 4.78 is 1.87. The smallest absolute Gasteiger partial charge is 0.228 e. The SMILES string of the molecule is CNc1ncc(-c2nc3ccc(N4CC5CC(CN(C)C5)C4)cn3n2)c2cc(NC(=O)[C@H]3C[C@H]3C)ncc12. The maximum absolute atomic E-state index is 12.5. The van der Waals surface area contributed by atoms with Crippen LogP contribution in [0.5, 0.6) is 0 Å². The number of aromatic nitrogens is 5. The highest BCUT2D eigenvalue weighted by atomic mass is 16.2. The largest absolute Gasteiger partial charge is 0.373 e. The van der Waals surface area contributed by atoms with Gasteiger partial charge < -0.3 is 20.4 Å². The molecule has 10 heteroatoms. The molecule has 2 bridgehead atoms. The highest BCUT2D eigenvalue weighted by molar-refractivity contribution is 6.03. The molecule has 38 heavy (non-hydrogen) atoms. The van der Waals surface area contributed by atoms with Crippen molar-refractivity contribution in [2.75, 3.05) is 55.8 Å². The number of carbonyl (C=O) groups is 1. The molecule has 0 aromatic carbocycles. The van der Waals surface area contributed by atoms with Crippen LogP contribution in [-0.4, -0.2) is 75.6 Å². The third kappa shape index (κ3) is 4.13. The zero-order valence-electron chi connectivity index (χ0n) is 22.1. The van der Waals surface area contributed by atoms with Crippen LogP contribution in [0.25, 0.3) is 27.8 Å². The van der Waals surface area contributed by atoms with E-state index >= 15 is 0 Å². The summed E-state index contributed by atoms with van der Waals surface area (Å²) in [7, 11) is 4.07. The minimum Gasteiger partial charge on any atom is -0.373 e. The first-order chi connectivity index (χ1) is 18.4. The van der Waals surface area contributed by atoms with E-state index < -0.39 is 0 Å². The Morgan fingerprint density at radius 2 is 1.82 bits per heavy atom. The lowest BCUT2D eigenvalue weighted by atomic mass is 9.85. The Balaban J connectivity index is 1.23. The molecule has 2 saturated heterocycles. The molecule has 1 amide bonds. The average Bonchev–Trinajstić information content (AvgIpc) is 3.49. The predicted octanol–water partition coefficient (Wildman–Crippen LogP) is 3.36. The van der Waals surface area contributed by atoms with Crippen molar-refractivity contribution in [3.8, 4) is 11.4 Å². The molecule has 0 radical (unpaired) electrons. The number of pyridine rings is 3. The summed E-state index contributed by atoms with van der Waals surface area (Å²) in [5.74, 6) is 3.81. The van der Waals surface area contributed by atoms with Crippen LogP contribution in [0.15, 0.2) is 36.8 Å². The fraction of sp³-hybridized carbons (Fsp3) is 0.464. The van der Waals surface area contributed by atoms with Crippen LogP contribution >= 0.6 is 0 Å². The van der Waals surface area contributed by atoms with E-state index in [4.69, 9.17) is 10.1 Å². The Bertz CT molecular complexity index is 1530. The lowest BCUT2D eigenvalue weighted by Crippen LogP contribution is -2.51. The van der Waals surface area contributed by atoms with E-state index in [2.05, 4.69) is 56.6 Å². The molecule has 7 rings (SSSR count). The van der Waals surface area contributed by atoms with Gasteiger partial charge in [0, 0.05) is 67.9 Å². The van der Waals surface area contributed by atoms with Crippen LogP contribution < -0.4 is 15.5 Å². The van der Waals surface area contributed by atoms with Gasteiger partial charge >= 0.3 is 0 Å². The van der Waals surface area contributed by atoms with Crippen LogP contribution in [0.4, 0.5) is 17.3 Å². The van der Waals surface area contributed by atoms with Gasteiger partial charge in [0.05, 0.1) is 11.9 Å². The Hall–Kier alpha value is -3.79. The highest BCUT2D eigenvalue weighted by Crippen LogP contribution is 2.39. The molecule has 1 aliphatic carbocycles. The Labute approximate surface area is 221 Å². The normalized spacial score (nSPS) is 25.1. The molecule has 4 atom stereocenters. The lowest BCUT2D eigenvalue weighted by Gasteiger charge is -2.45. The maximum atomic E-state index is 12.5. The van der Waals surface area contributed by atoms with Crippen molar-refractivity contribution in [2.24, 2.45) is 23.7 Å². The second-order valence-electron chi connectivity index (χ2n) is 11.4. The van der Waals surface area contributed by atoms with E-state index in [-0.39, 0.29) is 11.8 Å². The number of piperidine rings is 2. The topological polar surface area (TPSA) is 104 Å². The van der Waals surface area contributed by atoms with Crippen molar-refractivity contribution in [1.29, 1.82) is 0 Å². The summed E-state index contributed by atoms with van der Waals surface area (Å²) >= 11 is 0. The summed E-state index contributed by atoms with van der Waals surface area (Å²) in [5.41, 5.74) is 2.78. The highest BCUT2D eigenvalue weighted by Gasteiger charge is 2.39. The number of nitrogens with zero attached hydrogens (tertiary/aromatic N) is 7. The third-order valence-electron chi connectivity index (χ3n) is 8.39. The zero-order valence-corrected chi connectivity index (χ0v) is 22.1. The fourth-order valence-corrected chi connectivity index (χ4v) is 6.41. The Morgan fingerprint density at radius 3 is 2.55 bits per heavy atom. The number of rotatable bonds is 5. The van der Waals surface area contributed by atoms with Gasteiger partial charge in [0.25, 0.3) is 0 Å². The second-order valence-corrected chi connectivity index (χ2v) is 11.4. The van der Waals surface area contributed by atoms with E-state index in [1.807, 2.05) is 23.7 Å². The molecule has 196 valence electrons. The summed E-state index contributed by atoms with van der Waals surface area (Å²) in [5, 5.41) is 12.7. The fourth-order valence-electron chi connectivity index (χ4n) is 6.41. The van der Waals surface area contributed by atoms with E-state index in [1.165, 1.54) is 25.2 Å². The van der Waals surface area contributed by atoms with Gasteiger partial charge in [-0.1, -0.05) is 6.92 Å². The molecule has 10 nitrogen and oxygen atoms in total. The van der Waals surface area contributed by atoms with Crippen molar-refractivity contribution in [2.45, 2.75) is 19.8 Å². The van der Waals surface area contributed by atoms with E-state index in [1.54, 1.807) is 12.4 Å².